The molecule has 3 rings (SSSR count). The first-order valence-corrected chi connectivity index (χ1v) is 9.92. The second-order valence-corrected chi connectivity index (χ2v) is 7.85. The van der Waals surface area contributed by atoms with Crippen LogP contribution in [0.3, 0.4) is 0 Å². The Balaban J connectivity index is 1.85. The van der Waals surface area contributed by atoms with Crippen LogP contribution in [0.2, 0.25) is 0 Å². The maximum atomic E-state index is 5.78. The summed E-state index contributed by atoms with van der Waals surface area (Å²) in [4.78, 5) is 0.492. The molecule has 0 amide bonds. The Morgan fingerprint density at radius 3 is 2.33 bits per heavy atom. The molecule has 1 saturated carbocycles. The number of ether oxygens (including phenoxy) is 2. The number of anilines is 1. The lowest BCUT2D eigenvalue weighted by molar-refractivity contribution is 0.165. The number of nitrogens with one attached hydrogen (secondary N) is 1. The van der Waals surface area contributed by atoms with Crippen molar-refractivity contribution in [1.82, 2.24) is 5.16 Å². The normalized spacial score (nSPS) is 16.2. The van der Waals surface area contributed by atoms with Crippen molar-refractivity contribution in [3.8, 4) is 11.5 Å². The van der Waals surface area contributed by atoms with E-state index in [9.17, 15) is 0 Å². The van der Waals surface area contributed by atoms with Crippen molar-refractivity contribution in [1.29, 1.82) is 0 Å². The molecule has 5 nitrogen and oxygen atoms in total. The van der Waals surface area contributed by atoms with Crippen molar-refractivity contribution in [2.75, 3.05) is 19.5 Å². The summed E-state index contributed by atoms with van der Waals surface area (Å²) in [6, 6.07) is 7.58. The first-order valence-electron chi connectivity index (χ1n) is 9.51. The summed E-state index contributed by atoms with van der Waals surface area (Å²) < 4.78 is 16.7. The Bertz CT molecular complexity index is 772. The molecule has 0 aliphatic heterocycles. The maximum Gasteiger partial charge on any atom is 0.174 e. The van der Waals surface area contributed by atoms with Crippen LogP contribution in [0.25, 0.3) is 0 Å². The van der Waals surface area contributed by atoms with Crippen LogP contribution in [-0.2, 0) is 5.41 Å². The topological polar surface area (TPSA) is 56.5 Å². The van der Waals surface area contributed by atoms with Gasteiger partial charge in [0.15, 0.2) is 5.82 Å². The third-order valence-electron chi connectivity index (χ3n) is 5.75. The van der Waals surface area contributed by atoms with Gasteiger partial charge in [-0.2, -0.15) is 0 Å². The van der Waals surface area contributed by atoms with Gasteiger partial charge in [-0.1, -0.05) is 56.6 Å². The zero-order valence-corrected chi connectivity index (χ0v) is 17.3. The molecule has 0 atom stereocenters. The average Bonchev–Trinajstić information content (AvgIpc) is 3.16. The van der Waals surface area contributed by atoms with E-state index in [1.54, 1.807) is 14.2 Å². The molecule has 0 unspecified atom stereocenters. The maximum absolute atomic E-state index is 5.78. The standard InChI is InChI=1S/C21H28N2O3S/c1-14(2)21(11-6-5-7-12-21)17-13-18(23-26-17)22-20(27)19-15(24-3)9-8-10-16(19)25-4/h8-10,13-14H,5-7,11-12H2,1-4H3,(H,22,23,27). The zero-order valence-electron chi connectivity index (χ0n) is 16.5. The molecule has 1 aromatic heterocycles. The Morgan fingerprint density at radius 1 is 1.15 bits per heavy atom. The lowest BCUT2D eigenvalue weighted by atomic mass is 9.65. The quantitative estimate of drug-likeness (QED) is 0.674. The van der Waals surface area contributed by atoms with Gasteiger partial charge in [-0.25, -0.2) is 0 Å². The average molecular weight is 389 g/mol. The molecule has 0 radical (unpaired) electrons. The molecule has 1 aromatic carbocycles. The van der Waals surface area contributed by atoms with E-state index in [1.807, 2.05) is 24.3 Å². The number of aromatic nitrogens is 1. The number of hydrogen-bond acceptors (Lipinski definition) is 5. The van der Waals surface area contributed by atoms with Gasteiger partial charge in [0.05, 0.1) is 19.8 Å². The van der Waals surface area contributed by atoms with Crippen LogP contribution in [0.15, 0.2) is 28.8 Å². The minimum absolute atomic E-state index is 0.0644. The number of hydrogen-bond donors (Lipinski definition) is 1. The highest BCUT2D eigenvalue weighted by molar-refractivity contribution is 7.81. The number of nitrogens with zero attached hydrogens (tertiary/aromatic N) is 1. The Hall–Kier alpha value is -2.08. The Labute approximate surface area is 166 Å². The molecule has 0 bridgehead atoms. The van der Waals surface area contributed by atoms with Gasteiger partial charge < -0.3 is 19.3 Å². The summed E-state index contributed by atoms with van der Waals surface area (Å²) in [7, 11) is 3.23. The molecule has 1 fully saturated rings. The van der Waals surface area contributed by atoms with Gasteiger partial charge in [0, 0.05) is 11.5 Å². The highest BCUT2D eigenvalue weighted by Crippen LogP contribution is 2.45. The molecule has 1 aliphatic rings. The zero-order chi connectivity index (χ0) is 19.4. The predicted molar refractivity (Wildman–Crippen MR) is 111 cm³/mol. The molecule has 146 valence electrons. The van der Waals surface area contributed by atoms with E-state index in [0.717, 1.165) is 18.6 Å². The van der Waals surface area contributed by atoms with Crippen molar-refractivity contribution >= 4 is 23.0 Å². The highest BCUT2D eigenvalue weighted by Gasteiger charge is 2.40. The fourth-order valence-corrected chi connectivity index (χ4v) is 4.42. The van der Waals surface area contributed by atoms with Gasteiger partial charge >= 0.3 is 0 Å². The fraction of sp³-hybridized carbons (Fsp3) is 0.524. The smallest absolute Gasteiger partial charge is 0.174 e. The molecular weight excluding hydrogens is 360 g/mol. The molecular formula is C21H28N2O3S. The van der Waals surface area contributed by atoms with Crippen LogP contribution >= 0.6 is 12.2 Å². The van der Waals surface area contributed by atoms with E-state index in [0.29, 0.717) is 33.8 Å². The predicted octanol–water partition coefficient (Wildman–Crippen LogP) is 5.34. The van der Waals surface area contributed by atoms with E-state index in [4.69, 9.17) is 26.2 Å². The summed E-state index contributed by atoms with van der Waals surface area (Å²) in [5.41, 5.74) is 0.771. The number of thiocarbonyl (C=S) groups is 1. The summed E-state index contributed by atoms with van der Waals surface area (Å²) in [5.74, 6) is 3.38. The lowest BCUT2D eigenvalue weighted by Gasteiger charge is -2.38. The monoisotopic (exact) mass is 388 g/mol. The van der Waals surface area contributed by atoms with Crippen LogP contribution in [0, 0.1) is 5.92 Å². The summed E-state index contributed by atoms with van der Waals surface area (Å²) in [6.07, 6.45) is 6.05. The number of methoxy groups -OCH3 is 2. The van der Waals surface area contributed by atoms with Crippen molar-refractivity contribution < 1.29 is 14.0 Å². The van der Waals surface area contributed by atoms with Crippen LogP contribution < -0.4 is 14.8 Å². The molecule has 1 heterocycles. The Morgan fingerprint density at radius 2 is 1.78 bits per heavy atom. The third-order valence-corrected chi connectivity index (χ3v) is 6.05. The van der Waals surface area contributed by atoms with Crippen molar-refractivity contribution in [2.24, 2.45) is 5.92 Å². The molecule has 2 aromatic rings. The Kier molecular flexibility index (Phi) is 6.05. The second-order valence-electron chi connectivity index (χ2n) is 7.44. The first-order chi connectivity index (χ1) is 13.0. The van der Waals surface area contributed by atoms with Gasteiger partial charge in [-0.3, -0.25) is 0 Å². The molecule has 1 N–H and O–H groups in total. The summed E-state index contributed by atoms with van der Waals surface area (Å²) in [6.45, 7) is 4.54. The van der Waals surface area contributed by atoms with Crippen LogP contribution in [-0.4, -0.2) is 24.4 Å². The molecule has 1 aliphatic carbocycles. The fourth-order valence-electron chi connectivity index (χ4n) is 4.11. The van der Waals surface area contributed by atoms with Crippen LogP contribution in [0.4, 0.5) is 5.82 Å². The number of rotatable bonds is 6. The van der Waals surface area contributed by atoms with Crippen molar-refractivity contribution in [3.05, 3.63) is 35.6 Å². The lowest BCUT2D eigenvalue weighted by Crippen LogP contribution is -2.34. The minimum atomic E-state index is 0.0644. The largest absolute Gasteiger partial charge is 0.496 e. The van der Waals surface area contributed by atoms with Gasteiger partial charge in [0.25, 0.3) is 0 Å². The van der Waals surface area contributed by atoms with E-state index in [1.165, 1.54) is 19.3 Å². The van der Waals surface area contributed by atoms with Crippen LogP contribution in [0.1, 0.15) is 57.3 Å². The number of benzene rings is 1. The van der Waals surface area contributed by atoms with E-state index < -0.39 is 0 Å². The van der Waals surface area contributed by atoms with E-state index >= 15 is 0 Å². The van der Waals surface area contributed by atoms with Gasteiger partial charge in [-0.15, -0.1) is 0 Å². The highest BCUT2D eigenvalue weighted by atomic mass is 32.1. The molecule has 27 heavy (non-hydrogen) atoms. The van der Waals surface area contributed by atoms with Gasteiger partial charge in [0.2, 0.25) is 0 Å². The summed E-state index contributed by atoms with van der Waals surface area (Å²) in [5, 5.41) is 7.43. The molecule has 0 spiro atoms. The summed E-state index contributed by atoms with van der Waals surface area (Å²) >= 11 is 5.60. The SMILES string of the molecule is COc1cccc(OC)c1C(=S)Nc1cc(C2(C(C)C)CCCCC2)on1. The molecule has 6 heteroatoms. The third kappa shape index (κ3) is 3.81. The van der Waals surface area contributed by atoms with Gasteiger partial charge in [0.1, 0.15) is 22.2 Å². The van der Waals surface area contributed by atoms with E-state index in [-0.39, 0.29) is 5.41 Å². The van der Waals surface area contributed by atoms with E-state index in [2.05, 4.69) is 24.3 Å². The first kappa shape index (κ1) is 19.7. The van der Waals surface area contributed by atoms with Crippen molar-refractivity contribution in [3.63, 3.8) is 0 Å². The van der Waals surface area contributed by atoms with Crippen LogP contribution in [0.5, 0.6) is 11.5 Å². The van der Waals surface area contributed by atoms with Gasteiger partial charge in [-0.05, 0) is 30.9 Å². The minimum Gasteiger partial charge on any atom is -0.496 e. The second kappa shape index (κ2) is 8.30. The molecule has 0 saturated heterocycles. The van der Waals surface area contributed by atoms with Crippen molar-refractivity contribution in [2.45, 2.75) is 51.4 Å².